The molecule has 7 N–H and O–H groups in total. The molecule has 0 aliphatic rings. The van der Waals surface area contributed by atoms with Gasteiger partial charge < -0.3 is 40.5 Å². The molecule has 0 aromatic heterocycles. The summed E-state index contributed by atoms with van der Waals surface area (Å²) in [6, 6.07) is 0. The zero-order valence-corrected chi connectivity index (χ0v) is 10.6. The van der Waals surface area contributed by atoms with Gasteiger partial charge in [0.2, 0.25) is 0 Å². The summed E-state index contributed by atoms with van der Waals surface area (Å²) in [5, 5.41) is 58.2. The summed E-state index contributed by atoms with van der Waals surface area (Å²) >= 11 is 0. The highest BCUT2D eigenvalue weighted by Crippen LogP contribution is 1.89. The molecule has 0 bridgehead atoms. The van der Waals surface area contributed by atoms with Crippen LogP contribution in [-0.4, -0.2) is 92.4 Å². The summed E-state index contributed by atoms with van der Waals surface area (Å²) in [6.45, 7) is -0.800. The minimum atomic E-state index is -1.79. The van der Waals surface area contributed by atoms with Crippen LogP contribution in [0.5, 0.6) is 0 Å². The van der Waals surface area contributed by atoms with Gasteiger partial charge in [0.05, 0.1) is 32.8 Å². The highest BCUT2D eigenvalue weighted by atomic mass is 16.5. The molecule has 0 rings (SSSR count). The first kappa shape index (κ1) is 21.0. The van der Waals surface area contributed by atoms with E-state index in [0.29, 0.717) is 0 Å². The van der Waals surface area contributed by atoms with Gasteiger partial charge in [-0.1, -0.05) is 0 Å². The maximum absolute atomic E-state index is 9.72. The minimum Gasteiger partial charge on any atom is -0.481 e. The van der Waals surface area contributed by atoms with Crippen molar-refractivity contribution in [3.05, 3.63) is 0 Å². The van der Waals surface area contributed by atoms with Crippen molar-refractivity contribution >= 4 is 11.9 Å². The molecule has 0 spiro atoms. The molecule has 0 radical (unpaired) electrons. The SMILES string of the molecule is O=C(O)CC(O)C(=O)O.OCC(O)COCC(O)CO. The number of carbonyl (C=O) groups is 2. The number of carboxylic acid groups (broad SMARTS) is 2. The van der Waals surface area contributed by atoms with Crippen molar-refractivity contribution in [1.82, 2.24) is 0 Å². The third-order valence-electron chi connectivity index (χ3n) is 1.70. The Bertz CT molecular complexity index is 259. The predicted octanol–water partition coefficient (Wildman–Crippen LogP) is -3.38. The van der Waals surface area contributed by atoms with Crippen molar-refractivity contribution in [1.29, 1.82) is 0 Å². The normalized spacial score (nSPS) is 14.7. The second kappa shape index (κ2) is 12.7. The van der Waals surface area contributed by atoms with E-state index < -0.39 is 36.7 Å². The molecule has 0 saturated carbocycles. The van der Waals surface area contributed by atoms with E-state index in [-0.39, 0.29) is 26.4 Å². The van der Waals surface area contributed by atoms with Crippen LogP contribution in [0.1, 0.15) is 6.42 Å². The molecule has 0 fully saturated rings. The van der Waals surface area contributed by atoms with Crippen molar-refractivity contribution in [2.45, 2.75) is 24.7 Å². The first-order chi connectivity index (χ1) is 9.24. The quantitative estimate of drug-likeness (QED) is 0.226. The number of ether oxygens (including phenoxy) is 1. The van der Waals surface area contributed by atoms with Crippen LogP contribution in [-0.2, 0) is 14.3 Å². The lowest BCUT2D eigenvalue weighted by atomic mass is 10.3. The average molecular weight is 300 g/mol. The Kier molecular flexibility index (Phi) is 13.4. The molecule has 10 heteroatoms. The number of aliphatic carboxylic acids is 2. The van der Waals surface area contributed by atoms with Crippen LogP contribution in [0.4, 0.5) is 0 Å². The predicted molar refractivity (Wildman–Crippen MR) is 62.9 cm³/mol. The van der Waals surface area contributed by atoms with Crippen LogP contribution < -0.4 is 0 Å². The molecule has 20 heavy (non-hydrogen) atoms. The lowest BCUT2D eigenvalue weighted by Gasteiger charge is -2.10. The smallest absolute Gasteiger partial charge is 0.333 e. The number of carboxylic acids is 2. The average Bonchev–Trinajstić information content (AvgIpc) is 2.38. The molecule has 0 heterocycles. The van der Waals surface area contributed by atoms with Gasteiger partial charge in [0, 0.05) is 0 Å². The Morgan fingerprint density at radius 1 is 0.900 bits per heavy atom. The van der Waals surface area contributed by atoms with E-state index in [9.17, 15) is 9.59 Å². The van der Waals surface area contributed by atoms with Crippen molar-refractivity contribution < 1.29 is 50.1 Å². The van der Waals surface area contributed by atoms with E-state index in [0.717, 1.165) is 0 Å². The monoisotopic (exact) mass is 300 g/mol. The van der Waals surface area contributed by atoms with Gasteiger partial charge in [0.15, 0.2) is 6.10 Å². The van der Waals surface area contributed by atoms with Crippen molar-refractivity contribution in [2.24, 2.45) is 0 Å². The molecule has 0 aliphatic heterocycles. The summed E-state index contributed by atoms with van der Waals surface area (Å²) < 4.78 is 4.72. The first-order valence-electron chi connectivity index (χ1n) is 5.52. The topological polar surface area (TPSA) is 185 Å². The summed E-state index contributed by atoms with van der Waals surface area (Å²) in [5.41, 5.74) is 0. The van der Waals surface area contributed by atoms with Crippen LogP contribution in [0.25, 0.3) is 0 Å². The number of hydrogen-bond acceptors (Lipinski definition) is 8. The Balaban J connectivity index is 0. The van der Waals surface area contributed by atoms with Gasteiger partial charge in [-0.25, -0.2) is 4.79 Å². The molecule has 10 nitrogen and oxygen atoms in total. The Labute approximate surface area is 114 Å². The van der Waals surface area contributed by atoms with Crippen LogP contribution in [0.3, 0.4) is 0 Å². The van der Waals surface area contributed by atoms with Gasteiger partial charge in [0.1, 0.15) is 12.2 Å². The lowest BCUT2D eigenvalue weighted by molar-refractivity contribution is -0.152. The van der Waals surface area contributed by atoms with E-state index in [1.165, 1.54) is 0 Å². The van der Waals surface area contributed by atoms with Crippen LogP contribution in [0.15, 0.2) is 0 Å². The van der Waals surface area contributed by atoms with Gasteiger partial charge in [-0.2, -0.15) is 0 Å². The number of aliphatic hydroxyl groups excluding tert-OH is 5. The zero-order valence-electron chi connectivity index (χ0n) is 10.6. The van der Waals surface area contributed by atoms with Gasteiger partial charge in [-0.3, -0.25) is 4.79 Å². The van der Waals surface area contributed by atoms with E-state index in [4.69, 9.17) is 40.5 Å². The van der Waals surface area contributed by atoms with Crippen LogP contribution in [0, 0.1) is 0 Å². The largest absolute Gasteiger partial charge is 0.481 e. The van der Waals surface area contributed by atoms with E-state index >= 15 is 0 Å². The number of aliphatic hydroxyl groups is 5. The Morgan fingerprint density at radius 3 is 1.50 bits per heavy atom. The minimum absolute atomic E-state index is 0.0342. The summed E-state index contributed by atoms with van der Waals surface area (Å²) in [6.07, 6.45) is -4.38. The lowest BCUT2D eigenvalue weighted by Crippen LogP contribution is -2.25. The van der Waals surface area contributed by atoms with Crippen LogP contribution in [0.2, 0.25) is 0 Å². The second-order valence-electron chi connectivity index (χ2n) is 3.66. The summed E-state index contributed by atoms with van der Waals surface area (Å²) in [4.78, 5) is 19.4. The fraction of sp³-hybridized carbons (Fsp3) is 0.800. The van der Waals surface area contributed by atoms with Gasteiger partial charge in [0.25, 0.3) is 0 Å². The third kappa shape index (κ3) is 14.8. The molecule has 120 valence electrons. The molecule has 0 saturated heterocycles. The van der Waals surface area contributed by atoms with Crippen LogP contribution >= 0.6 is 0 Å². The molecule has 0 aromatic rings. The second-order valence-corrected chi connectivity index (χ2v) is 3.66. The van der Waals surface area contributed by atoms with E-state index in [2.05, 4.69) is 0 Å². The Hall–Kier alpha value is -1.30. The first-order valence-corrected chi connectivity index (χ1v) is 5.52. The molecule has 3 atom stereocenters. The fourth-order valence-corrected chi connectivity index (χ4v) is 0.698. The van der Waals surface area contributed by atoms with Crippen molar-refractivity contribution in [3.8, 4) is 0 Å². The van der Waals surface area contributed by atoms with E-state index in [1.54, 1.807) is 0 Å². The van der Waals surface area contributed by atoms with Crippen molar-refractivity contribution in [2.75, 3.05) is 26.4 Å². The van der Waals surface area contributed by atoms with Crippen molar-refractivity contribution in [3.63, 3.8) is 0 Å². The maximum atomic E-state index is 9.72. The number of rotatable bonds is 9. The Morgan fingerprint density at radius 2 is 1.30 bits per heavy atom. The summed E-state index contributed by atoms with van der Waals surface area (Å²) in [7, 11) is 0. The van der Waals surface area contributed by atoms with Gasteiger partial charge in [-0.05, 0) is 0 Å². The third-order valence-corrected chi connectivity index (χ3v) is 1.70. The van der Waals surface area contributed by atoms with Gasteiger partial charge >= 0.3 is 11.9 Å². The highest BCUT2D eigenvalue weighted by molar-refractivity contribution is 5.79. The molecule has 0 amide bonds. The van der Waals surface area contributed by atoms with Gasteiger partial charge in [-0.15, -0.1) is 0 Å². The molecule has 0 aliphatic carbocycles. The highest BCUT2D eigenvalue weighted by Gasteiger charge is 2.16. The van der Waals surface area contributed by atoms with E-state index in [1.807, 2.05) is 0 Å². The summed E-state index contributed by atoms with van der Waals surface area (Å²) in [5.74, 6) is -2.85. The molecular formula is C10H20O10. The molecule has 0 aromatic carbocycles. The maximum Gasteiger partial charge on any atom is 0.333 e. The standard InChI is InChI=1S/C6H14O5.C4H6O5/c7-1-5(9)3-11-4-6(10)2-8;5-2(4(8)9)1-3(6)7/h5-10H,1-4H2;2,5H,1H2,(H,6,7)(H,8,9). The zero-order chi connectivity index (χ0) is 16.1. The number of hydrogen-bond donors (Lipinski definition) is 7. The molecular weight excluding hydrogens is 280 g/mol. The molecule has 3 unspecified atom stereocenters. The fourth-order valence-electron chi connectivity index (χ4n) is 0.698.